The molecule has 3 N–H and O–H groups in total. The average molecular weight is 454 g/mol. The Kier molecular flexibility index (Phi) is 7.56. The van der Waals surface area contributed by atoms with Crippen LogP contribution in [0.2, 0.25) is 5.02 Å². The van der Waals surface area contributed by atoms with Gasteiger partial charge in [0.15, 0.2) is 11.6 Å². The molecule has 1 heterocycles. The minimum atomic E-state index is -1.29. The maximum absolute atomic E-state index is 13.9. The smallest absolute Gasteiger partial charge is 0.243 e. The van der Waals surface area contributed by atoms with Crippen LogP contribution in [-0.4, -0.2) is 41.9 Å². The molecule has 2 amide bonds. The molecule has 1 aliphatic heterocycles. The van der Waals surface area contributed by atoms with Crippen molar-refractivity contribution < 1.29 is 22.8 Å². The minimum Gasteiger partial charge on any atom is -0.354 e. The van der Waals surface area contributed by atoms with E-state index in [-0.39, 0.29) is 36.6 Å². The van der Waals surface area contributed by atoms with Crippen LogP contribution < -0.4 is 11.1 Å². The Bertz CT molecular complexity index is 973. The lowest BCUT2D eigenvalue weighted by atomic mass is 10.0. The van der Waals surface area contributed by atoms with E-state index in [9.17, 15) is 22.8 Å². The van der Waals surface area contributed by atoms with Crippen LogP contribution in [-0.2, 0) is 22.4 Å². The van der Waals surface area contributed by atoms with Crippen LogP contribution >= 0.6 is 11.6 Å². The van der Waals surface area contributed by atoms with E-state index < -0.39 is 29.5 Å². The highest BCUT2D eigenvalue weighted by Gasteiger charge is 2.32. The summed E-state index contributed by atoms with van der Waals surface area (Å²) < 4.78 is 40.5. The predicted octanol–water partition coefficient (Wildman–Crippen LogP) is 2.98. The number of nitrogens with one attached hydrogen (secondary N) is 1. The van der Waals surface area contributed by atoms with E-state index in [1.54, 1.807) is 24.3 Å². The number of hydrogen-bond acceptors (Lipinski definition) is 3. The third kappa shape index (κ3) is 5.77. The summed E-state index contributed by atoms with van der Waals surface area (Å²) in [6, 6.07) is 6.69. The summed E-state index contributed by atoms with van der Waals surface area (Å²) in [6.45, 7) is 0.784. The Balaban J connectivity index is 1.73. The molecule has 1 fully saturated rings. The molecule has 0 aliphatic carbocycles. The van der Waals surface area contributed by atoms with Crippen molar-refractivity contribution in [3.8, 4) is 0 Å². The van der Waals surface area contributed by atoms with Crippen molar-refractivity contribution in [3.05, 3.63) is 70.0 Å². The summed E-state index contributed by atoms with van der Waals surface area (Å²) in [5.74, 6) is -4.05. The Hall–Kier alpha value is -2.58. The summed E-state index contributed by atoms with van der Waals surface area (Å²) in [4.78, 5) is 27.1. The fourth-order valence-electron chi connectivity index (χ4n) is 3.67. The molecule has 1 aliphatic rings. The van der Waals surface area contributed by atoms with Crippen LogP contribution in [0.1, 0.15) is 24.0 Å². The van der Waals surface area contributed by atoms with Gasteiger partial charge in [-0.15, -0.1) is 0 Å². The van der Waals surface area contributed by atoms with Crippen molar-refractivity contribution in [3.63, 3.8) is 0 Å². The number of hydrogen-bond donors (Lipinski definition) is 2. The number of benzene rings is 2. The van der Waals surface area contributed by atoms with E-state index in [1.165, 1.54) is 4.90 Å². The number of carbonyl (C=O) groups excluding carboxylic acids is 2. The molecule has 2 aromatic carbocycles. The fraction of sp³-hybridized carbons (Fsp3) is 0.364. The molecule has 9 heteroatoms. The van der Waals surface area contributed by atoms with E-state index in [0.29, 0.717) is 30.6 Å². The summed E-state index contributed by atoms with van der Waals surface area (Å²) in [5.41, 5.74) is 6.64. The molecule has 0 radical (unpaired) electrons. The first-order valence-electron chi connectivity index (χ1n) is 9.96. The lowest BCUT2D eigenvalue weighted by molar-refractivity contribution is -0.139. The van der Waals surface area contributed by atoms with Crippen LogP contribution in [0, 0.1) is 17.5 Å². The second kappa shape index (κ2) is 10.2. The number of amides is 2. The van der Waals surface area contributed by atoms with Crippen molar-refractivity contribution in [2.24, 2.45) is 5.73 Å². The van der Waals surface area contributed by atoms with E-state index in [0.717, 1.165) is 11.6 Å². The van der Waals surface area contributed by atoms with Gasteiger partial charge in [-0.1, -0.05) is 29.8 Å². The third-order valence-electron chi connectivity index (χ3n) is 5.25. The quantitative estimate of drug-likeness (QED) is 0.660. The van der Waals surface area contributed by atoms with E-state index >= 15 is 0 Å². The molecule has 1 saturated heterocycles. The molecular formula is C22H23ClF3N3O2. The largest absolute Gasteiger partial charge is 0.354 e. The van der Waals surface area contributed by atoms with Gasteiger partial charge in [0, 0.05) is 43.1 Å². The minimum absolute atomic E-state index is 0.111. The van der Waals surface area contributed by atoms with Gasteiger partial charge in [0.1, 0.15) is 11.9 Å². The lowest BCUT2D eigenvalue weighted by Gasteiger charge is -2.30. The van der Waals surface area contributed by atoms with E-state index in [4.69, 9.17) is 17.3 Å². The third-order valence-corrected chi connectivity index (χ3v) is 5.62. The first-order valence-corrected chi connectivity index (χ1v) is 10.3. The Labute approximate surface area is 183 Å². The van der Waals surface area contributed by atoms with Crippen LogP contribution in [0.25, 0.3) is 0 Å². The van der Waals surface area contributed by atoms with Crippen molar-refractivity contribution in [2.45, 2.75) is 37.8 Å². The topological polar surface area (TPSA) is 75.4 Å². The van der Waals surface area contributed by atoms with Gasteiger partial charge >= 0.3 is 0 Å². The van der Waals surface area contributed by atoms with E-state index in [2.05, 4.69) is 5.32 Å². The molecule has 0 bridgehead atoms. The van der Waals surface area contributed by atoms with Gasteiger partial charge in [-0.05, 0) is 36.1 Å². The van der Waals surface area contributed by atoms with E-state index in [1.807, 2.05) is 0 Å². The van der Waals surface area contributed by atoms with Crippen molar-refractivity contribution in [1.82, 2.24) is 10.2 Å². The molecule has 5 nitrogen and oxygen atoms in total. The second-order valence-corrected chi connectivity index (χ2v) is 7.98. The molecule has 3 rings (SSSR count). The first kappa shape index (κ1) is 23.1. The molecule has 0 spiro atoms. The van der Waals surface area contributed by atoms with Gasteiger partial charge in [0.05, 0.1) is 0 Å². The Morgan fingerprint density at radius 2 is 1.87 bits per heavy atom. The summed E-state index contributed by atoms with van der Waals surface area (Å²) in [7, 11) is 0. The average Bonchev–Trinajstić information content (AvgIpc) is 2.89. The van der Waals surface area contributed by atoms with Gasteiger partial charge in [0.25, 0.3) is 0 Å². The van der Waals surface area contributed by atoms with Gasteiger partial charge in [0.2, 0.25) is 11.8 Å². The molecule has 0 saturated carbocycles. The number of carbonyl (C=O) groups is 2. The summed E-state index contributed by atoms with van der Waals surface area (Å²) >= 11 is 6.22. The zero-order chi connectivity index (χ0) is 22.5. The Morgan fingerprint density at radius 1 is 1.16 bits per heavy atom. The van der Waals surface area contributed by atoms with Gasteiger partial charge < -0.3 is 16.0 Å². The lowest BCUT2D eigenvalue weighted by Crippen LogP contribution is -2.49. The van der Waals surface area contributed by atoms with Crippen LogP contribution in [0.3, 0.4) is 0 Å². The van der Waals surface area contributed by atoms with Crippen LogP contribution in [0.15, 0.2) is 36.4 Å². The molecule has 2 aromatic rings. The Morgan fingerprint density at radius 3 is 2.61 bits per heavy atom. The van der Waals surface area contributed by atoms with Gasteiger partial charge in [-0.2, -0.15) is 0 Å². The molecule has 1 unspecified atom stereocenters. The normalized spacial score (nSPS) is 17.8. The second-order valence-electron chi connectivity index (χ2n) is 7.57. The number of halogens is 4. The highest BCUT2D eigenvalue weighted by atomic mass is 35.5. The zero-order valence-electron chi connectivity index (χ0n) is 16.7. The standard InChI is InChI=1S/C22H23ClF3N3O2/c23-16-5-2-1-4-13(16)10-20-22(31)28-6-3-7-29(20)21(30)11-15(27)8-14-9-18(25)19(26)12-17(14)24/h1-2,4-5,9,12,15,20H,3,6-8,10-11,27H2,(H,28,31)/t15-,20?/m1/s1. The maximum Gasteiger partial charge on any atom is 0.243 e. The highest BCUT2D eigenvalue weighted by Crippen LogP contribution is 2.21. The summed E-state index contributed by atoms with van der Waals surface area (Å²) in [5, 5.41) is 3.30. The van der Waals surface area contributed by atoms with Gasteiger partial charge in [-0.3, -0.25) is 9.59 Å². The van der Waals surface area contributed by atoms with Gasteiger partial charge in [-0.25, -0.2) is 13.2 Å². The van der Waals surface area contributed by atoms with Crippen molar-refractivity contribution in [1.29, 1.82) is 0 Å². The highest BCUT2D eigenvalue weighted by molar-refractivity contribution is 6.31. The monoisotopic (exact) mass is 453 g/mol. The SMILES string of the molecule is N[C@@H](CC(=O)N1CCCNC(=O)C1Cc1ccccc1Cl)Cc1cc(F)c(F)cc1F. The molecule has 2 atom stereocenters. The van der Waals surface area contributed by atoms with Crippen LogP contribution in [0.5, 0.6) is 0 Å². The maximum atomic E-state index is 13.9. The van der Waals surface area contributed by atoms with Crippen molar-refractivity contribution >= 4 is 23.4 Å². The number of nitrogens with zero attached hydrogens (tertiary/aromatic N) is 1. The molecule has 166 valence electrons. The zero-order valence-corrected chi connectivity index (χ0v) is 17.5. The molecule has 31 heavy (non-hydrogen) atoms. The number of nitrogens with two attached hydrogens (primary N) is 1. The predicted molar refractivity (Wildman–Crippen MR) is 111 cm³/mol. The van der Waals surface area contributed by atoms with Crippen LogP contribution in [0.4, 0.5) is 13.2 Å². The summed E-state index contributed by atoms with van der Waals surface area (Å²) in [6.07, 6.45) is 0.489. The van der Waals surface area contributed by atoms with Crippen molar-refractivity contribution in [2.75, 3.05) is 13.1 Å². The fourth-order valence-corrected chi connectivity index (χ4v) is 3.88. The first-order chi connectivity index (χ1) is 14.8. The number of rotatable bonds is 6. The molecule has 0 aromatic heterocycles. The molecular weight excluding hydrogens is 431 g/mol.